The maximum absolute atomic E-state index is 9.37. The monoisotopic (exact) mass is 275 g/mol. The number of nitrogens with one attached hydrogen (secondary N) is 1. The van der Waals surface area contributed by atoms with Crippen molar-refractivity contribution in [2.75, 3.05) is 25.1 Å². The van der Waals surface area contributed by atoms with Crippen molar-refractivity contribution in [3.05, 3.63) is 29.8 Å². The van der Waals surface area contributed by atoms with Gasteiger partial charge >= 0.3 is 0 Å². The van der Waals surface area contributed by atoms with Crippen LogP contribution in [0.25, 0.3) is 0 Å². The van der Waals surface area contributed by atoms with E-state index in [-0.39, 0.29) is 12.1 Å². The van der Waals surface area contributed by atoms with Crippen LogP contribution in [0, 0.1) is 11.3 Å². The van der Waals surface area contributed by atoms with Crippen molar-refractivity contribution in [3.63, 3.8) is 0 Å². The van der Waals surface area contributed by atoms with Crippen LogP contribution in [0.4, 0.5) is 5.69 Å². The molecule has 0 bridgehead atoms. The van der Waals surface area contributed by atoms with Crippen molar-refractivity contribution >= 4 is 5.69 Å². The molecule has 1 aromatic carbocycles. The molecular weight excluding hydrogens is 250 g/mol. The Morgan fingerprint density at radius 3 is 2.50 bits per heavy atom. The summed E-state index contributed by atoms with van der Waals surface area (Å²) in [6.45, 7) is 5.71. The zero-order valence-corrected chi connectivity index (χ0v) is 12.7. The van der Waals surface area contributed by atoms with Gasteiger partial charge in [-0.3, -0.25) is 0 Å². The van der Waals surface area contributed by atoms with Gasteiger partial charge in [0, 0.05) is 31.4 Å². The number of aliphatic hydroxyl groups is 1. The number of nitrogens with zero attached hydrogens (tertiary/aromatic N) is 2. The van der Waals surface area contributed by atoms with Crippen LogP contribution in [-0.2, 0) is 6.54 Å². The van der Waals surface area contributed by atoms with E-state index in [9.17, 15) is 5.11 Å². The van der Waals surface area contributed by atoms with Crippen LogP contribution in [0.5, 0.6) is 0 Å². The summed E-state index contributed by atoms with van der Waals surface area (Å²) in [7, 11) is 1.99. The fourth-order valence-corrected chi connectivity index (χ4v) is 1.82. The second-order valence-electron chi connectivity index (χ2n) is 5.42. The molecule has 1 aromatic rings. The van der Waals surface area contributed by atoms with Gasteiger partial charge in [-0.2, -0.15) is 5.26 Å². The van der Waals surface area contributed by atoms with E-state index in [0.29, 0.717) is 6.42 Å². The number of aliphatic hydroxyl groups excluding tert-OH is 1. The van der Waals surface area contributed by atoms with E-state index in [1.165, 1.54) is 5.56 Å². The summed E-state index contributed by atoms with van der Waals surface area (Å²) in [6, 6.07) is 10.5. The molecule has 4 nitrogen and oxygen atoms in total. The van der Waals surface area contributed by atoms with Gasteiger partial charge in [0.1, 0.15) is 0 Å². The van der Waals surface area contributed by atoms with E-state index in [1.54, 1.807) is 0 Å². The predicted molar refractivity (Wildman–Crippen MR) is 82.6 cm³/mol. The van der Waals surface area contributed by atoms with Gasteiger partial charge in [-0.25, -0.2) is 0 Å². The predicted octanol–water partition coefficient (Wildman–Crippen LogP) is 2.29. The van der Waals surface area contributed by atoms with Crippen molar-refractivity contribution in [2.24, 2.45) is 0 Å². The molecule has 0 amide bonds. The molecule has 1 unspecified atom stereocenters. The third-order valence-corrected chi connectivity index (χ3v) is 3.78. The van der Waals surface area contributed by atoms with Gasteiger partial charge in [-0.15, -0.1) is 0 Å². The molecule has 0 saturated carbocycles. The van der Waals surface area contributed by atoms with Crippen molar-refractivity contribution in [2.45, 2.75) is 38.8 Å². The molecule has 1 rings (SSSR count). The maximum Gasteiger partial charge on any atom is 0.0640 e. The average Bonchev–Trinajstić information content (AvgIpc) is 2.50. The standard InChI is InChI=1S/C16H25N3O/c1-4-16(2,13-20)18-12-14-6-8-15(9-7-14)19(3)11-5-10-17/h6-9,18,20H,4-5,11-13H2,1-3H3. The summed E-state index contributed by atoms with van der Waals surface area (Å²) < 4.78 is 0. The lowest BCUT2D eigenvalue weighted by Crippen LogP contribution is -2.44. The summed E-state index contributed by atoms with van der Waals surface area (Å²) >= 11 is 0. The van der Waals surface area contributed by atoms with Crippen LogP contribution in [0.2, 0.25) is 0 Å². The number of benzene rings is 1. The molecule has 0 saturated heterocycles. The van der Waals surface area contributed by atoms with Crippen LogP contribution < -0.4 is 10.2 Å². The minimum absolute atomic E-state index is 0.137. The fraction of sp³-hybridized carbons (Fsp3) is 0.562. The van der Waals surface area contributed by atoms with E-state index < -0.39 is 0 Å². The van der Waals surface area contributed by atoms with Crippen LogP contribution in [0.3, 0.4) is 0 Å². The molecule has 0 aromatic heterocycles. The topological polar surface area (TPSA) is 59.3 Å². The SMILES string of the molecule is CCC(C)(CO)NCc1ccc(N(C)CCC#N)cc1. The number of rotatable bonds is 8. The van der Waals surface area contributed by atoms with Crippen molar-refractivity contribution in [1.29, 1.82) is 5.26 Å². The van der Waals surface area contributed by atoms with Gasteiger partial charge in [0.25, 0.3) is 0 Å². The maximum atomic E-state index is 9.37. The van der Waals surface area contributed by atoms with E-state index in [0.717, 1.165) is 25.2 Å². The molecule has 110 valence electrons. The molecule has 20 heavy (non-hydrogen) atoms. The van der Waals surface area contributed by atoms with Gasteiger partial charge in [0.15, 0.2) is 0 Å². The number of hydrogen-bond acceptors (Lipinski definition) is 4. The van der Waals surface area contributed by atoms with Crippen molar-refractivity contribution < 1.29 is 5.11 Å². The Morgan fingerprint density at radius 1 is 1.35 bits per heavy atom. The first kappa shape index (κ1) is 16.5. The summed E-state index contributed by atoms with van der Waals surface area (Å²) in [6.07, 6.45) is 1.42. The quantitative estimate of drug-likeness (QED) is 0.764. The second-order valence-corrected chi connectivity index (χ2v) is 5.42. The molecule has 2 N–H and O–H groups in total. The molecule has 0 aliphatic carbocycles. The molecule has 0 aliphatic heterocycles. The zero-order valence-electron chi connectivity index (χ0n) is 12.7. The highest BCUT2D eigenvalue weighted by Gasteiger charge is 2.19. The summed E-state index contributed by atoms with van der Waals surface area (Å²) in [4.78, 5) is 2.07. The first-order valence-corrected chi connectivity index (χ1v) is 7.07. The molecule has 0 spiro atoms. The molecule has 0 aliphatic rings. The van der Waals surface area contributed by atoms with Gasteiger partial charge in [0.2, 0.25) is 0 Å². The normalized spacial score (nSPS) is 13.6. The van der Waals surface area contributed by atoms with Crippen LogP contribution in [0.15, 0.2) is 24.3 Å². The molecule has 0 radical (unpaired) electrons. The Bertz CT molecular complexity index is 432. The lowest BCUT2D eigenvalue weighted by molar-refractivity contribution is 0.169. The highest BCUT2D eigenvalue weighted by molar-refractivity contribution is 5.46. The number of hydrogen-bond donors (Lipinski definition) is 2. The van der Waals surface area contributed by atoms with Crippen molar-refractivity contribution in [3.8, 4) is 6.07 Å². The van der Waals surface area contributed by atoms with Gasteiger partial charge in [0.05, 0.1) is 19.1 Å². The summed E-state index contributed by atoms with van der Waals surface area (Å²) in [5, 5.41) is 21.3. The highest BCUT2D eigenvalue weighted by atomic mass is 16.3. The first-order chi connectivity index (χ1) is 9.54. The Morgan fingerprint density at radius 2 is 2.00 bits per heavy atom. The Balaban J connectivity index is 2.57. The highest BCUT2D eigenvalue weighted by Crippen LogP contribution is 2.15. The second kappa shape index (κ2) is 7.88. The van der Waals surface area contributed by atoms with Crippen LogP contribution in [0.1, 0.15) is 32.3 Å². The zero-order chi connectivity index (χ0) is 15.0. The van der Waals surface area contributed by atoms with Gasteiger partial charge in [-0.1, -0.05) is 19.1 Å². The lowest BCUT2D eigenvalue weighted by Gasteiger charge is -2.27. The Hall–Kier alpha value is -1.57. The number of anilines is 1. The first-order valence-electron chi connectivity index (χ1n) is 7.07. The Kier molecular flexibility index (Phi) is 6.50. The fourth-order valence-electron chi connectivity index (χ4n) is 1.82. The molecule has 4 heteroatoms. The van der Waals surface area contributed by atoms with E-state index in [2.05, 4.69) is 47.5 Å². The molecule has 0 heterocycles. The average molecular weight is 275 g/mol. The van der Waals surface area contributed by atoms with E-state index in [4.69, 9.17) is 5.26 Å². The van der Waals surface area contributed by atoms with E-state index >= 15 is 0 Å². The largest absolute Gasteiger partial charge is 0.394 e. The van der Waals surface area contributed by atoms with E-state index in [1.807, 2.05) is 14.0 Å². The minimum Gasteiger partial charge on any atom is -0.394 e. The molecular formula is C16H25N3O. The third kappa shape index (κ3) is 4.84. The van der Waals surface area contributed by atoms with Gasteiger partial charge in [-0.05, 0) is 31.0 Å². The van der Waals surface area contributed by atoms with Crippen molar-refractivity contribution in [1.82, 2.24) is 5.32 Å². The molecule has 0 fully saturated rings. The lowest BCUT2D eigenvalue weighted by atomic mass is 10.00. The minimum atomic E-state index is -0.220. The van der Waals surface area contributed by atoms with Gasteiger partial charge < -0.3 is 15.3 Å². The number of nitriles is 1. The third-order valence-electron chi connectivity index (χ3n) is 3.78. The summed E-state index contributed by atoms with van der Waals surface area (Å²) in [5.41, 5.74) is 2.09. The van der Waals surface area contributed by atoms with Crippen LogP contribution in [-0.4, -0.2) is 30.8 Å². The molecule has 1 atom stereocenters. The Labute approximate surface area is 122 Å². The van der Waals surface area contributed by atoms with Crippen LogP contribution >= 0.6 is 0 Å². The smallest absolute Gasteiger partial charge is 0.0640 e. The summed E-state index contributed by atoms with van der Waals surface area (Å²) in [5.74, 6) is 0.